The van der Waals surface area contributed by atoms with Gasteiger partial charge in [0, 0.05) is 17.5 Å². The first-order chi connectivity index (χ1) is 9.69. The van der Waals surface area contributed by atoms with Crippen molar-refractivity contribution in [3.63, 3.8) is 0 Å². The van der Waals surface area contributed by atoms with Crippen LogP contribution in [0.25, 0.3) is 0 Å². The lowest BCUT2D eigenvalue weighted by Gasteiger charge is -2.16. The van der Waals surface area contributed by atoms with Gasteiger partial charge in [-0.25, -0.2) is 0 Å². The molecule has 3 nitrogen and oxygen atoms in total. The Kier molecular flexibility index (Phi) is 5.92. The van der Waals surface area contributed by atoms with Gasteiger partial charge in [-0.2, -0.15) is 0 Å². The second-order valence-electron chi connectivity index (χ2n) is 5.42. The molecule has 2 N–H and O–H groups in total. The molecule has 0 aliphatic heterocycles. The molecule has 2 rings (SSSR count). The molecule has 1 aromatic carbocycles. The van der Waals surface area contributed by atoms with E-state index in [0.717, 1.165) is 24.3 Å². The predicted octanol–water partition coefficient (Wildman–Crippen LogP) is 2.95. The van der Waals surface area contributed by atoms with E-state index < -0.39 is 0 Å². The molecule has 0 heterocycles. The summed E-state index contributed by atoms with van der Waals surface area (Å²) >= 11 is 1.63. The summed E-state index contributed by atoms with van der Waals surface area (Å²) in [5.74, 6) is 0.168. The van der Waals surface area contributed by atoms with E-state index in [1.807, 2.05) is 14.0 Å². The van der Waals surface area contributed by atoms with Crippen LogP contribution < -0.4 is 10.6 Å². The molecular formula is C16H24N2OS. The number of amides is 1. The first-order valence-corrected chi connectivity index (χ1v) is 8.27. The van der Waals surface area contributed by atoms with Crippen molar-refractivity contribution < 1.29 is 4.79 Å². The van der Waals surface area contributed by atoms with Gasteiger partial charge in [-0.3, -0.25) is 4.79 Å². The Morgan fingerprint density at radius 2 is 1.95 bits per heavy atom. The largest absolute Gasteiger partial charge is 0.352 e. The Bertz CT molecular complexity index is 427. The highest BCUT2D eigenvalue weighted by molar-refractivity contribution is 8.00. The van der Waals surface area contributed by atoms with Crippen LogP contribution >= 0.6 is 11.8 Å². The van der Waals surface area contributed by atoms with Crippen LogP contribution in [0.3, 0.4) is 0 Å². The molecule has 1 fully saturated rings. The van der Waals surface area contributed by atoms with Gasteiger partial charge in [0.15, 0.2) is 0 Å². The zero-order valence-electron chi connectivity index (χ0n) is 12.3. The van der Waals surface area contributed by atoms with Crippen LogP contribution in [-0.2, 0) is 11.3 Å². The average Bonchev–Trinajstić information content (AvgIpc) is 2.94. The first kappa shape index (κ1) is 15.4. The summed E-state index contributed by atoms with van der Waals surface area (Å²) in [6.45, 7) is 2.86. The minimum absolute atomic E-state index is 0.0363. The molecule has 110 valence electrons. The number of rotatable bonds is 6. The third-order valence-corrected chi connectivity index (χ3v) is 4.80. The van der Waals surface area contributed by atoms with E-state index in [2.05, 4.69) is 34.9 Å². The van der Waals surface area contributed by atoms with Crippen molar-refractivity contribution in [3.8, 4) is 0 Å². The Morgan fingerprint density at radius 1 is 1.30 bits per heavy atom. The van der Waals surface area contributed by atoms with Crippen LogP contribution in [0.5, 0.6) is 0 Å². The van der Waals surface area contributed by atoms with E-state index >= 15 is 0 Å². The van der Waals surface area contributed by atoms with E-state index in [4.69, 9.17) is 0 Å². The number of nitrogens with one attached hydrogen (secondary N) is 2. The van der Waals surface area contributed by atoms with E-state index in [1.54, 1.807) is 11.8 Å². The molecule has 1 aliphatic carbocycles. The van der Waals surface area contributed by atoms with Crippen molar-refractivity contribution in [2.24, 2.45) is 0 Å². The smallest absolute Gasteiger partial charge is 0.233 e. The summed E-state index contributed by atoms with van der Waals surface area (Å²) in [6.07, 6.45) is 4.78. The maximum Gasteiger partial charge on any atom is 0.233 e. The number of benzene rings is 1. The number of carbonyl (C=O) groups is 1. The molecule has 0 radical (unpaired) electrons. The molecular weight excluding hydrogens is 268 g/mol. The molecule has 4 heteroatoms. The molecule has 0 spiro atoms. The zero-order valence-corrected chi connectivity index (χ0v) is 13.1. The molecule has 1 saturated carbocycles. The molecule has 1 unspecified atom stereocenters. The van der Waals surface area contributed by atoms with Crippen molar-refractivity contribution in [1.29, 1.82) is 0 Å². The van der Waals surface area contributed by atoms with Crippen LogP contribution in [0.15, 0.2) is 29.2 Å². The van der Waals surface area contributed by atoms with Crippen molar-refractivity contribution >= 4 is 17.7 Å². The lowest BCUT2D eigenvalue weighted by Crippen LogP contribution is -2.37. The minimum Gasteiger partial charge on any atom is -0.352 e. The number of hydrogen-bond acceptors (Lipinski definition) is 3. The number of thioether (sulfide) groups is 1. The van der Waals surface area contributed by atoms with Crippen molar-refractivity contribution in [2.75, 3.05) is 7.05 Å². The van der Waals surface area contributed by atoms with Gasteiger partial charge in [0.2, 0.25) is 5.91 Å². The fraction of sp³-hybridized carbons (Fsp3) is 0.562. The quantitative estimate of drug-likeness (QED) is 0.792. The summed E-state index contributed by atoms with van der Waals surface area (Å²) in [5.41, 5.74) is 1.26. The Labute approximate surface area is 125 Å². The van der Waals surface area contributed by atoms with Gasteiger partial charge < -0.3 is 10.6 Å². The normalized spacial score (nSPS) is 17.1. The van der Waals surface area contributed by atoms with Gasteiger partial charge in [-0.1, -0.05) is 25.0 Å². The van der Waals surface area contributed by atoms with Crippen LogP contribution in [0.2, 0.25) is 0 Å². The molecule has 0 bridgehead atoms. The average molecular weight is 292 g/mol. The number of carbonyl (C=O) groups excluding carboxylic acids is 1. The van der Waals surface area contributed by atoms with Crippen molar-refractivity contribution in [2.45, 2.75) is 55.3 Å². The monoisotopic (exact) mass is 292 g/mol. The topological polar surface area (TPSA) is 41.1 Å². The molecule has 20 heavy (non-hydrogen) atoms. The number of hydrogen-bond donors (Lipinski definition) is 2. The van der Waals surface area contributed by atoms with Gasteiger partial charge in [0.25, 0.3) is 0 Å². The van der Waals surface area contributed by atoms with Gasteiger partial charge in [0.1, 0.15) is 0 Å². The van der Waals surface area contributed by atoms with E-state index in [0.29, 0.717) is 6.04 Å². The van der Waals surface area contributed by atoms with Crippen molar-refractivity contribution in [1.82, 2.24) is 10.6 Å². The summed E-state index contributed by atoms with van der Waals surface area (Å²) in [5, 5.41) is 6.26. The third kappa shape index (κ3) is 4.53. The fourth-order valence-electron chi connectivity index (χ4n) is 2.54. The molecule has 1 amide bonds. The second kappa shape index (κ2) is 7.70. The Balaban J connectivity index is 1.83. The molecule has 1 aliphatic rings. The highest BCUT2D eigenvalue weighted by Gasteiger charge is 2.21. The SMILES string of the molecule is CNCc1ccc(SC(C)C(=O)NC2CCCC2)cc1. The lowest BCUT2D eigenvalue weighted by molar-refractivity contribution is -0.120. The van der Waals surface area contributed by atoms with Crippen molar-refractivity contribution in [3.05, 3.63) is 29.8 Å². The summed E-state index contributed by atoms with van der Waals surface area (Å²) in [7, 11) is 1.94. The zero-order chi connectivity index (χ0) is 14.4. The van der Waals surface area contributed by atoms with Gasteiger partial charge in [-0.05, 0) is 44.5 Å². The highest BCUT2D eigenvalue weighted by Crippen LogP contribution is 2.25. The molecule has 0 saturated heterocycles. The first-order valence-electron chi connectivity index (χ1n) is 7.39. The molecule has 0 aromatic heterocycles. The van der Waals surface area contributed by atoms with Crippen LogP contribution in [0, 0.1) is 0 Å². The highest BCUT2D eigenvalue weighted by atomic mass is 32.2. The van der Waals surface area contributed by atoms with Gasteiger partial charge in [0.05, 0.1) is 5.25 Å². The van der Waals surface area contributed by atoms with Gasteiger partial charge >= 0.3 is 0 Å². The molecule has 1 atom stereocenters. The van der Waals surface area contributed by atoms with E-state index in [1.165, 1.54) is 18.4 Å². The van der Waals surface area contributed by atoms with Crippen LogP contribution in [-0.4, -0.2) is 24.2 Å². The predicted molar refractivity (Wildman–Crippen MR) is 84.9 cm³/mol. The second-order valence-corrected chi connectivity index (χ2v) is 6.84. The minimum atomic E-state index is -0.0363. The molecule has 1 aromatic rings. The summed E-state index contributed by atoms with van der Waals surface area (Å²) in [4.78, 5) is 13.3. The van der Waals surface area contributed by atoms with E-state index in [9.17, 15) is 4.79 Å². The van der Waals surface area contributed by atoms with Gasteiger partial charge in [-0.15, -0.1) is 11.8 Å². The Hall–Kier alpha value is -1.00. The fourth-order valence-corrected chi connectivity index (χ4v) is 3.41. The summed E-state index contributed by atoms with van der Waals surface area (Å²) < 4.78 is 0. The Morgan fingerprint density at radius 3 is 2.55 bits per heavy atom. The standard InChI is InChI=1S/C16H24N2OS/c1-12(16(19)18-14-5-3-4-6-14)20-15-9-7-13(8-10-15)11-17-2/h7-10,12,14,17H,3-6,11H2,1-2H3,(H,18,19). The lowest BCUT2D eigenvalue weighted by atomic mass is 10.2. The summed E-state index contributed by atoms with van der Waals surface area (Å²) in [6, 6.07) is 8.82. The van der Waals surface area contributed by atoms with E-state index in [-0.39, 0.29) is 11.2 Å². The third-order valence-electron chi connectivity index (χ3n) is 3.69. The van der Waals surface area contributed by atoms with Crippen LogP contribution in [0.1, 0.15) is 38.2 Å². The maximum atomic E-state index is 12.1. The van der Waals surface area contributed by atoms with Crippen LogP contribution in [0.4, 0.5) is 0 Å². The maximum absolute atomic E-state index is 12.1.